The minimum atomic E-state index is -0.666. The van der Waals surface area contributed by atoms with Crippen molar-refractivity contribution in [1.82, 2.24) is 5.32 Å². The third-order valence-corrected chi connectivity index (χ3v) is 13.7. The largest absolute Gasteiger partial charge is 0.466 e. The van der Waals surface area contributed by atoms with Crippen molar-refractivity contribution in [3.63, 3.8) is 0 Å². The van der Waals surface area contributed by atoms with Gasteiger partial charge in [0.15, 0.2) is 0 Å². The number of hydrogen-bond donors (Lipinski definition) is 3. The molecule has 6 heteroatoms. The van der Waals surface area contributed by atoms with Gasteiger partial charge in [-0.1, -0.05) is 290 Å². The number of aliphatic hydroxyl groups is 2. The van der Waals surface area contributed by atoms with E-state index in [1.807, 2.05) is 0 Å². The molecule has 3 N–H and O–H groups in total. The van der Waals surface area contributed by atoms with Gasteiger partial charge >= 0.3 is 5.97 Å². The second kappa shape index (κ2) is 53.5. The first-order chi connectivity index (χ1) is 31.0. The zero-order valence-electron chi connectivity index (χ0n) is 42.8. The first kappa shape index (κ1) is 61.9. The monoisotopic (exact) mass is 892 g/mol. The minimum absolute atomic E-state index is 0.00784. The van der Waals surface area contributed by atoms with E-state index in [4.69, 9.17) is 4.74 Å². The molecule has 63 heavy (non-hydrogen) atoms. The molecule has 0 aromatic heterocycles. The van der Waals surface area contributed by atoms with Crippen LogP contribution >= 0.6 is 0 Å². The van der Waals surface area contributed by atoms with E-state index in [0.717, 1.165) is 38.5 Å². The van der Waals surface area contributed by atoms with Gasteiger partial charge in [0.05, 0.1) is 25.4 Å². The van der Waals surface area contributed by atoms with Gasteiger partial charge < -0.3 is 20.3 Å². The van der Waals surface area contributed by atoms with E-state index in [1.54, 1.807) is 0 Å². The van der Waals surface area contributed by atoms with Gasteiger partial charge in [0.25, 0.3) is 0 Å². The van der Waals surface area contributed by atoms with Gasteiger partial charge in [-0.05, 0) is 25.7 Å². The fraction of sp³-hybridized carbons (Fsp3) is 0.965. The molecule has 0 aliphatic heterocycles. The van der Waals surface area contributed by atoms with Crippen LogP contribution in [0.1, 0.15) is 328 Å². The molecule has 0 aromatic carbocycles. The molecular weight excluding hydrogens is 779 g/mol. The Morgan fingerprint density at radius 3 is 0.968 bits per heavy atom. The lowest BCUT2D eigenvalue weighted by molar-refractivity contribution is -0.143. The van der Waals surface area contributed by atoms with Crippen LogP contribution in [0.25, 0.3) is 0 Å². The Bertz CT molecular complexity index is 898. The van der Waals surface area contributed by atoms with Gasteiger partial charge in [-0.3, -0.25) is 9.59 Å². The van der Waals surface area contributed by atoms with E-state index in [0.29, 0.717) is 25.9 Å². The van der Waals surface area contributed by atoms with E-state index >= 15 is 0 Å². The highest BCUT2D eigenvalue weighted by Crippen LogP contribution is 2.18. The Hall–Kier alpha value is -1.14. The van der Waals surface area contributed by atoms with Gasteiger partial charge in [-0.25, -0.2) is 0 Å². The smallest absolute Gasteiger partial charge is 0.305 e. The van der Waals surface area contributed by atoms with Crippen LogP contribution in [0, 0.1) is 0 Å². The summed E-state index contributed by atoms with van der Waals surface area (Å²) < 4.78 is 5.47. The molecule has 2 atom stereocenters. The maximum absolute atomic E-state index is 12.5. The van der Waals surface area contributed by atoms with Crippen LogP contribution in [0.2, 0.25) is 0 Å². The molecule has 0 aliphatic rings. The summed E-state index contributed by atoms with van der Waals surface area (Å²) in [7, 11) is 0. The normalized spacial score (nSPS) is 12.5. The summed E-state index contributed by atoms with van der Waals surface area (Å²) in [5.41, 5.74) is 0. The number of carbonyl (C=O) groups excluding carboxylic acids is 2. The van der Waals surface area contributed by atoms with E-state index in [1.165, 1.54) is 257 Å². The maximum atomic E-state index is 12.5. The Labute approximate surface area is 394 Å². The maximum Gasteiger partial charge on any atom is 0.305 e. The van der Waals surface area contributed by atoms with Crippen molar-refractivity contribution in [3.8, 4) is 0 Å². The Balaban J connectivity index is 3.40. The van der Waals surface area contributed by atoms with Crippen molar-refractivity contribution in [2.24, 2.45) is 0 Å². The molecule has 376 valence electrons. The second-order valence-corrected chi connectivity index (χ2v) is 20.0. The number of carbonyl (C=O) groups is 2. The lowest BCUT2D eigenvalue weighted by Gasteiger charge is -2.22. The van der Waals surface area contributed by atoms with Crippen molar-refractivity contribution in [2.45, 2.75) is 341 Å². The van der Waals surface area contributed by atoms with Crippen LogP contribution in [-0.2, 0) is 14.3 Å². The topological polar surface area (TPSA) is 95.9 Å². The zero-order valence-corrected chi connectivity index (χ0v) is 42.8. The molecule has 1 amide bonds. The molecule has 0 aromatic rings. The van der Waals surface area contributed by atoms with Crippen LogP contribution in [0.3, 0.4) is 0 Å². The summed E-state index contributed by atoms with van der Waals surface area (Å²) in [4.78, 5) is 24.5. The Morgan fingerprint density at radius 1 is 0.381 bits per heavy atom. The van der Waals surface area contributed by atoms with E-state index in [-0.39, 0.29) is 18.5 Å². The second-order valence-electron chi connectivity index (χ2n) is 20.0. The minimum Gasteiger partial charge on any atom is -0.466 e. The summed E-state index contributed by atoms with van der Waals surface area (Å²) in [5, 5.41) is 23.3. The molecular formula is C57H113NO5. The molecule has 0 saturated carbocycles. The zero-order chi connectivity index (χ0) is 45.8. The first-order valence-electron chi connectivity index (χ1n) is 28.8. The Morgan fingerprint density at radius 2 is 0.651 bits per heavy atom. The van der Waals surface area contributed by atoms with Gasteiger partial charge in [0.2, 0.25) is 5.91 Å². The third kappa shape index (κ3) is 50.1. The number of rotatable bonds is 54. The standard InChI is InChI=1S/C57H113NO5/c1-3-5-7-9-11-13-15-17-18-22-26-29-33-37-41-45-49-55(60)54(53-59)58-56(61)50-46-42-38-34-30-27-23-20-19-21-24-28-32-36-40-44-48-52-63-57(62)51-47-43-39-35-31-25-16-14-12-10-8-6-4-2/h54-55,59-60H,3-53H2,1-2H3,(H,58,61). The van der Waals surface area contributed by atoms with Crippen molar-refractivity contribution < 1.29 is 24.5 Å². The predicted octanol–water partition coefficient (Wildman–Crippen LogP) is 17.5. The SMILES string of the molecule is CCCCCCCCCCCCCCCCCCC(O)C(CO)NC(=O)CCCCCCCCCCCCCCCCCCCOC(=O)CCCCCCCCCCCCCCC. The molecule has 0 rings (SSSR count). The van der Waals surface area contributed by atoms with Gasteiger partial charge in [-0.2, -0.15) is 0 Å². The predicted molar refractivity (Wildman–Crippen MR) is 274 cm³/mol. The van der Waals surface area contributed by atoms with Crippen molar-refractivity contribution in [2.75, 3.05) is 13.2 Å². The van der Waals surface area contributed by atoms with Crippen molar-refractivity contribution in [1.29, 1.82) is 0 Å². The van der Waals surface area contributed by atoms with Crippen molar-refractivity contribution in [3.05, 3.63) is 0 Å². The molecule has 0 spiro atoms. The van der Waals surface area contributed by atoms with E-state index < -0.39 is 12.1 Å². The summed E-state index contributed by atoms with van der Waals surface area (Å²) in [6, 6.07) is -0.544. The number of ether oxygens (including phenoxy) is 1. The number of nitrogens with one attached hydrogen (secondary N) is 1. The van der Waals surface area contributed by atoms with Crippen LogP contribution in [-0.4, -0.2) is 47.4 Å². The molecule has 0 radical (unpaired) electrons. The molecule has 0 fully saturated rings. The molecule has 0 heterocycles. The third-order valence-electron chi connectivity index (χ3n) is 13.7. The van der Waals surface area contributed by atoms with Gasteiger partial charge in [0, 0.05) is 12.8 Å². The van der Waals surface area contributed by atoms with Gasteiger partial charge in [0.1, 0.15) is 0 Å². The van der Waals surface area contributed by atoms with Crippen LogP contribution in [0.4, 0.5) is 0 Å². The van der Waals surface area contributed by atoms with Crippen LogP contribution in [0.5, 0.6) is 0 Å². The van der Waals surface area contributed by atoms with Gasteiger partial charge in [-0.15, -0.1) is 0 Å². The van der Waals surface area contributed by atoms with E-state index in [2.05, 4.69) is 19.2 Å². The number of amides is 1. The van der Waals surface area contributed by atoms with E-state index in [9.17, 15) is 19.8 Å². The fourth-order valence-corrected chi connectivity index (χ4v) is 9.23. The number of hydrogen-bond acceptors (Lipinski definition) is 5. The lowest BCUT2D eigenvalue weighted by atomic mass is 10.0. The molecule has 0 saturated heterocycles. The summed E-state index contributed by atoms with van der Waals surface area (Å²) >= 11 is 0. The Kier molecular flexibility index (Phi) is 52.5. The summed E-state index contributed by atoms with van der Waals surface area (Å²) in [6.45, 7) is 4.97. The lowest BCUT2D eigenvalue weighted by Crippen LogP contribution is -2.45. The average molecular weight is 893 g/mol. The first-order valence-corrected chi connectivity index (χ1v) is 28.8. The highest BCUT2D eigenvalue weighted by Gasteiger charge is 2.20. The van der Waals surface area contributed by atoms with Crippen LogP contribution in [0.15, 0.2) is 0 Å². The highest BCUT2D eigenvalue weighted by molar-refractivity contribution is 5.76. The number of esters is 1. The molecule has 6 nitrogen and oxygen atoms in total. The van der Waals surface area contributed by atoms with Crippen molar-refractivity contribution >= 4 is 11.9 Å². The highest BCUT2D eigenvalue weighted by atomic mass is 16.5. The molecule has 2 unspecified atom stereocenters. The fourth-order valence-electron chi connectivity index (χ4n) is 9.23. The molecule has 0 aliphatic carbocycles. The molecule has 0 bridgehead atoms. The number of aliphatic hydroxyl groups excluding tert-OH is 2. The quantitative estimate of drug-likeness (QED) is 0.0418. The summed E-state index contributed by atoms with van der Waals surface area (Å²) in [5.74, 6) is -0.0294. The average Bonchev–Trinajstić information content (AvgIpc) is 3.28. The number of unbranched alkanes of at least 4 members (excludes halogenated alkanes) is 43. The van der Waals surface area contributed by atoms with Crippen LogP contribution < -0.4 is 5.32 Å². The summed E-state index contributed by atoms with van der Waals surface area (Å²) in [6.07, 6.45) is 60.9.